The van der Waals surface area contributed by atoms with E-state index in [1.54, 1.807) is 0 Å². The minimum absolute atomic E-state index is 0.0600. The van der Waals surface area contributed by atoms with Gasteiger partial charge in [0, 0.05) is 5.56 Å². The summed E-state index contributed by atoms with van der Waals surface area (Å²) in [6.07, 6.45) is 2.45. The molecule has 0 saturated carbocycles. The van der Waals surface area contributed by atoms with E-state index >= 15 is 0 Å². The summed E-state index contributed by atoms with van der Waals surface area (Å²) < 4.78 is 28.0. The number of fused-ring (bicyclic) bond motifs is 2. The van der Waals surface area contributed by atoms with Gasteiger partial charge in [-0.05, 0) is 48.6 Å². The van der Waals surface area contributed by atoms with E-state index in [-0.39, 0.29) is 18.0 Å². The number of aryl methyl sites for hydroxylation is 1. The predicted molar refractivity (Wildman–Crippen MR) is 97.4 cm³/mol. The molecule has 0 fully saturated rings. The van der Waals surface area contributed by atoms with Crippen LogP contribution in [0.3, 0.4) is 0 Å². The number of hydrogen-bond donors (Lipinski definition) is 1. The molecule has 2 aliphatic rings. The van der Waals surface area contributed by atoms with Crippen molar-refractivity contribution in [1.82, 2.24) is 5.01 Å². The van der Waals surface area contributed by atoms with Crippen LogP contribution in [0.5, 0.6) is 0 Å². The molecule has 0 bridgehead atoms. The molecular weight excluding hydrogens is 356 g/mol. The first kappa shape index (κ1) is 17.2. The van der Waals surface area contributed by atoms with Crippen molar-refractivity contribution in [2.24, 2.45) is 10.8 Å². The number of benzene rings is 2. The lowest BCUT2D eigenvalue weighted by atomic mass is 9.86. The Morgan fingerprint density at radius 1 is 1.27 bits per heavy atom. The van der Waals surface area contributed by atoms with E-state index in [0.717, 1.165) is 42.2 Å². The standard InChI is InChI=1S/C19H17F2N3OS/c20-13-7-8-16(21)14(10-13)18-23-24(17(25)11-22)19(26-18)9-3-5-12-4-1-2-6-15(12)19/h1-2,4,6-8,10H,3,5,9,11,22H2. The number of carbonyl (C=O) groups excluding carboxylic acids is 1. The molecule has 0 aromatic heterocycles. The maximum Gasteiger partial charge on any atom is 0.258 e. The molecule has 1 spiro atoms. The number of thioether (sulfide) groups is 1. The van der Waals surface area contributed by atoms with Crippen LogP contribution in [0.15, 0.2) is 47.6 Å². The third-order valence-corrected chi connectivity index (χ3v) is 6.20. The van der Waals surface area contributed by atoms with E-state index in [1.807, 2.05) is 24.3 Å². The van der Waals surface area contributed by atoms with Crippen molar-refractivity contribution in [3.05, 3.63) is 70.8 Å². The molecule has 2 N–H and O–H groups in total. The molecule has 1 unspecified atom stereocenters. The summed E-state index contributed by atoms with van der Waals surface area (Å²) in [5, 5.41) is 6.05. The van der Waals surface area contributed by atoms with Gasteiger partial charge in [0.05, 0.1) is 6.54 Å². The quantitative estimate of drug-likeness (QED) is 0.878. The molecule has 134 valence electrons. The van der Waals surface area contributed by atoms with Gasteiger partial charge in [0.15, 0.2) is 0 Å². The Bertz CT molecular complexity index is 917. The van der Waals surface area contributed by atoms with Gasteiger partial charge in [0.2, 0.25) is 0 Å². The van der Waals surface area contributed by atoms with E-state index < -0.39 is 16.5 Å². The summed E-state index contributed by atoms with van der Waals surface area (Å²) in [6, 6.07) is 11.1. The average molecular weight is 373 g/mol. The number of halogens is 2. The van der Waals surface area contributed by atoms with Crippen LogP contribution in [0.2, 0.25) is 0 Å². The van der Waals surface area contributed by atoms with Crippen molar-refractivity contribution in [3.63, 3.8) is 0 Å². The highest BCUT2D eigenvalue weighted by Gasteiger charge is 2.50. The van der Waals surface area contributed by atoms with Gasteiger partial charge in [0.25, 0.3) is 5.91 Å². The van der Waals surface area contributed by atoms with Crippen molar-refractivity contribution in [1.29, 1.82) is 0 Å². The smallest absolute Gasteiger partial charge is 0.258 e. The Labute approximate surface area is 154 Å². The van der Waals surface area contributed by atoms with Crippen LogP contribution in [0.25, 0.3) is 0 Å². The third-order valence-electron chi connectivity index (χ3n) is 4.77. The molecule has 4 rings (SSSR count). The fraction of sp³-hybridized carbons (Fsp3) is 0.263. The number of hydrogen-bond acceptors (Lipinski definition) is 4. The molecule has 1 atom stereocenters. The summed E-state index contributed by atoms with van der Waals surface area (Å²) in [4.78, 5) is 11.8. The SMILES string of the molecule is NCC(=O)N1N=C(c2cc(F)ccc2F)SC12CCCc1ccccc12. The molecule has 1 amide bonds. The van der Waals surface area contributed by atoms with Crippen LogP contribution in [0.4, 0.5) is 8.78 Å². The Hall–Kier alpha value is -2.25. The molecule has 2 aromatic carbocycles. The summed E-state index contributed by atoms with van der Waals surface area (Å²) in [5.41, 5.74) is 7.77. The van der Waals surface area contributed by atoms with Gasteiger partial charge >= 0.3 is 0 Å². The highest BCUT2D eigenvalue weighted by molar-refractivity contribution is 8.15. The second-order valence-electron chi connectivity index (χ2n) is 6.34. The lowest BCUT2D eigenvalue weighted by molar-refractivity contribution is -0.133. The Kier molecular flexibility index (Phi) is 4.28. The Balaban J connectivity index is 1.85. The molecule has 0 saturated heterocycles. The topological polar surface area (TPSA) is 58.7 Å². The van der Waals surface area contributed by atoms with Crippen molar-refractivity contribution >= 4 is 22.7 Å². The Morgan fingerprint density at radius 2 is 2.08 bits per heavy atom. The molecule has 1 aliphatic heterocycles. The largest absolute Gasteiger partial charge is 0.322 e. The molecule has 1 aliphatic carbocycles. The third kappa shape index (κ3) is 2.62. The van der Waals surface area contributed by atoms with Gasteiger partial charge in [-0.25, -0.2) is 13.8 Å². The van der Waals surface area contributed by atoms with Crippen molar-refractivity contribution in [3.8, 4) is 0 Å². The molecule has 2 aromatic rings. The number of hydrazone groups is 1. The second-order valence-corrected chi connectivity index (χ2v) is 7.60. The second kappa shape index (κ2) is 6.48. The first-order valence-electron chi connectivity index (χ1n) is 8.40. The van der Waals surface area contributed by atoms with Crippen molar-refractivity contribution in [2.45, 2.75) is 24.1 Å². The van der Waals surface area contributed by atoms with Gasteiger partial charge in [-0.2, -0.15) is 5.10 Å². The predicted octanol–water partition coefficient (Wildman–Crippen LogP) is 3.35. The zero-order valence-corrected chi connectivity index (χ0v) is 14.7. The van der Waals surface area contributed by atoms with E-state index in [2.05, 4.69) is 5.10 Å². The van der Waals surface area contributed by atoms with Gasteiger partial charge in [-0.15, -0.1) is 0 Å². The van der Waals surface area contributed by atoms with Crippen LogP contribution < -0.4 is 5.73 Å². The fourth-order valence-electron chi connectivity index (χ4n) is 3.61. The van der Waals surface area contributed by atoms with Gasteiger partial charge in [0.1, 0.15) is 21.5 Å². The summed E-state index contributed by atoms with van der Waals surface area (Å²) >= 11 is 1.30. The van der Waals surface area contributed by atoms with Crippen LogP contribution in [0.1, 0.15) is 29.5 Å². The number of nitrogens with zero attached hydrogens (tertiary/aromatic N) is 2. The lowest BCUT2D eigenvalue weighted by Gasteiger charge is -2.39. The minimum atomic E-state index is -0.764. The van der Waals surface area contributed by atoms with Crippen LogP contribution in [-0.4, -0.2) is 22.5 Å². The molecule has 0 radical (unpaired) electrons. The van der Waals surface area contributed by atoms with E-state index in [4.69, 9.17) is 5.73 Å². The highest BCUT2D eigenvalue weighted by Crippen LogP contribution is 2.53. The highest BCUT2D eigenvalue weighted by atomic mass is 32.2. The zero-order chi connectivity index (χ0) is 18.3. The zero-order valence-electron chi connectivity index (χ0n) is 13.9. The summed E-state index contributed by atoms with van der Waals surface area (Å²) in [7, 11) is 0. The summed E-state index contributed by atoms with van der Waals surface area (Å²) in [5.74, 6) is -1.47. The van der Waals surface area contributed by atoms with Crippen LogP contribution in [-0.2, 0) is 16.1 Å². The van der Waals surface area contributed by atoms with Crippen molar-refractivity contribution in [2.75, 3.05) is 6.54 Å². The number of rotatable bonds is 2. The molecule has 26 heavy (non-hydrogen) atoms. The molecule has 1 heterocycles. The van der Waals surface area contributed by atoms with Crippen LogP contribution in [0, 0.1) is 11.6 Å². The summed E-state index contributed by atoms with van der Waals surface area (Å²) in [6.45, 7) is -0.201. The van der Waals surface area contributed by atoms with Gasteiger partial charge in [-0.1, -0.05) is 36.0 Å². The number of amides is 1. The van der Waals surface area contributed by atoms with E-state index in [9.17, 15) is 13.6 Å². The fourth-order valence-corrected chi connectivity index (χ4v) is 5.10. The van der Waals surface area contributed by atoms with E-state index in [0.29, 0.717) is 11.5 Å². The maximum absolute atomic E-state index is 14.3. The normalized spacial score (nSPS) is 21.7. The maximum atomic E-state index is 14.3. The number of carbonyl (C=O) groups is 1. The monoisotopic (exact) mass is 373 g/mol. The van der Waals surface area contributed by atoms with E-state index in [1.165, 1.54) is 16.8 Å². The van der Waals surface area contributed by atoms with Gasteiger partial charge in [-0.3, -0.25) is 4.79 Å². The Morgan fingerprint density at radius 3 is 2.88 bits per heavy atom. The lowest BCUT2D eigenvalue weighted by Crippen LogP contribution is -2.45. The molecule has 7 heteroatoms. The average Bonchev–Trinajstić information content (AvgIpc) is 3.03. The first-order chi connectivity index (χ1) is 12.5. The number of nitrogens with two attached hydrogens (primary N) is 1. The minimum Gasteiger partial charge on any atom is -0.322 e. The van der Waals surface area contributed by atoms with Gasteiger partial charge < -0.3 is 5.73 Å². The molecular formula is C19H17F2N3OS. The van der Waals surface area contributed by atoms with Crippen molar-refractivity contribution < 1.29 is 13.6 Å². The first-order valence-corrected chi connectivity index (χ1v) is 9.21. The van der Waals surface area contributed by atoms with Crippen LogP contribution >= 0.6 is 11.8 Å². The molecule has 4 nitrogen and oxygen atoms in total.